The first-order valence-corrected chi connectivity index (χ1v) is 6.27. The highest BCUT2D eigenvalue weighted by atomic mass is 16.5. The van der Waals surface area contributed by atoms with Crippen LogP contribution in [0.2, 0.25) is 0 Å². The maximum atomic E-state index is 5.08. The molecule has 1 N–H and O–H groups in total. The summed E-state index contributed by atoms with van der Waals surface area (Å²) in [5, 5.41) is 3.33. The Labute approximate surface area is 113 Å². The number of methoxy groups -OCH3 is 1. The van der Waals surface area contributed by atoms with Crippen molar-refractivity contribution in [2.24, 2.45) is 0 Å². The minimum atomic E-state index is 0.0272. The average molecular weight is 257 g/mol. The zero-order valence-electron chi connectivity index (χ0n) is 11.6. The highest BCUT2D eigenvalue weighted by molar-refractivity contribution is 5.38. The maximum Gasteiger partial charge on any atom is 0.218 e. The van der Waals surface area contributed by atoms with Crippen LogP contribution in [0.3, 0.4) is 0 Å². The van der Waals surface area contributed by atoms with E-state index in [1.54, 1.807) is 13.2 Å². The van der Waals surface area contributed by atoms with Gasteiger partial charge < -0.3 is 10.1 Å². The van der Waals surface area contributed by atoms with Crippen molar-refractivity contribution in [1.29, 1.82) is 0 Å². The second kappa shape index (κ2) is 5.69. The van der Waals surface area contributed by atoms with E-state index in [9.17, 15) is 0 Å². The molecule has 1 heterocycles. The molecule has 0 radical (unpaired) electrons. The fourth-order valence-electron chi connectivity index (χ4n) is 1.85. The van der Waals surface area contributed by atoms with Gasteiger partial charge in [-0.25, -0.2) is 9.97 Å². The van der Waals surface area contributed by atoms with Crippen molar-refractivity contribution in [2.45, 2.75) is 19.3 Å². The third-order valence-electron chi connectivity index (χ3n) is 3.12. The summed E-state index contributed by atoms with van der Waals surface area (Å²) >= 11 is 0. The lowest BCUT2D eigenvalue weighted by atomic mass is 9.85. The van der Waals surface area contributed by atoms with E-state index in [-0.39, 0.29) is 5.41 Å². The average Bonchev–Trinajstić information content (AvgIpc) is 2.46. The first-order valence-electron chi connectivity index (χ1n) is 6.27. The van der Waals surface area contributed by atoms with Gasteiger partial charge in [0.1, 0.15) is 12.1 Å². The minimum Gasteiger partial charge on any atom is -0.481 e. The predicted molar refractivity (Wildman–Crippen MR) is 76.5 cm³/mol. The van der Waals surface area contributed by atoms with Gasteiger partial charge in [-0.3, -0.25) is 0 Å². The second-order valence-corrected chi connectivity index (χ2v) is 5.05. The van der Waals surface area contributed by atoms with Crippen molar-refractivity contribution in [3.63, 3.8) is 0 Å². The van der Waals surface area contributed by atoms with Gasteiger partial charge in [0, 0.05) is 18.0 Å². The topological polar surface area (TPSA) is 47.0 Å². The van der Waals surface area contributed by atoms with Crippen LogP contribution in [0.4, 0.5) is 5.82 Å². The molecule has 0 saturated heterocycles. The van der Waals surface area contributed by atoms with Crippen molar-refractivity contribution in [2.75, 3.05) is 19.0 Å². The fraction of sp³-hybridized carbons (Fsp3) is 0.333. The van der Waals surface area contributed by atoms with Crippen LogP contribution in [0.5, 0.6) is 5.88 Å². The summed E-state index contributed by atoms with van der Waals surface area (Å²) in [5.41, 5.74) is 1.32. The number of hydrogen-bond acceptors (Lipinski definition) is 4. The molecule has 0 saturated carbocycles. The van der Waals surface area contributed by atoms with Crippen LogP contribution in [-0.4, -0.2) is 23.6 Å². The number of hydrogen-bond donors (Lipinski definition) is 1. The Balaban J connectivity index is 2.05. The third kappa shape index (κ3) is 3.44. The molecule has 0 aliphatic rings. The van der Waals surface area contributed by atoms with Crippen molar-refractivity contribution in [3.8, 4) is 5.88 Å². The van der Waals surface area contributed by atoms with Gasteiger partial charge in [-0.1, -0.05) is 44.2 Å². The molecule has 100 valence electrons. The molecule has 2 aromatic rings. The highest BCUT2D eigenvalue weighted by Crippen LogP contribution is 2.23. The van der Waals surface area contributed by atoms with Crippen LogP contribution >= 0.6 is 0 Å². The van der Waals surface area contributed by atoms with E-state index in [4.69, 9.17) is 4.74 Å². The lowest BCUT2D eigenvalue weighted by Gasteiger charge is -2.25. The largest absolute Gasteiger partial charge is 0.481 e. The molecule has 4 nitrogen and oxygen atoms in total. The second-order valence-electron chi connectivity index (χ2n) is 5.05. The van der Waals surface area contributed by atoms with Crippen LogP contribution < -0.4 is 10.1 Å². The Kier molecular flexibility index (Phi) is 4.00. The van der Waals surface area contributed by atoms with Gasteiger partial charge in [0.25, 0.3) is 0 Å². The highest BCUT2D eigenvalue weighted by Gasteiger charge is 2.20. The van der Waals surface area contributed by atoms with Crippen molar-refractivity contribution in [1.82, 2.24) is 9.97 Å². The van der Waals surface area contributed by atoms with Gasteiger partial charge in [-0.2, -0.15) is 0 Å². The molecule has 0 fully saturated rings. The predicted octanol–water partition coefficient (Wildman–Crippen LogP) is 2.87. The zero-order valence-corrected chi connectivity index (χ0v) is 11.6. The molecule has 1 aromatic carbocycles. The van der Waals surface area contributed by atoms with Crippen LogP contribution in [-0.2, 0) is 5.41 Å². The summed E-state index contributed by atoms with van der Waals surface area (Å²) in [6, 6.07) is 12.2. The first kappa shape index (κ1) is 13.3. The SMILES string of the molecule is COc1cc(NCC(C)(C)c2ccccc2)ncn1. The standard InChI is InChI=1S/C15H19N3O/c1-15(2,12-7-5-4-6-8-12)10-16-13-9-14(19-3)18-11-17-13/h4-9,11H,10H2,1-3H3,(H,16,17,18). The number of nitrogens with one attached hydrogen (secondary N) is 1. The van der Waals surface area contributed by atoms with E-state index < -0.39 is 0 Å². The van der Waals surface area contributed by atoms with E-state index >= 15 is 0 Å². The van der Waals surface area contributed by atoms with E-state index in [1.165, 1.54) is 11.9 Å². The van der Waals surface area contributed by atoms with E-state index in [0.717, 1.165) is 12.4 Å². The first-order chi connectivity index (χ1) is 9.12. The lowest BCUT2D eigenvalue weighted by Crippen LogP contribution is -2.27. The number of ether oxygens (including phenoxy) is 1. The fourth-order valence-corrected chi connectivity index (χ4v) is 1.85. The Morgan fingerprint density at radius 3 is 2.58 bits per heavy atom. The summed E-state index contributed by atoms with van der Waals surface area (Å²) in [6.45, 7) is 5.19. The van der Waals surface area contributed by atoms with Crippen LogP contribution in [0.25, 0.3) is 0 Å². The Bertz CT molecular complexity index is 526. The molecule has 2 rings (SSSR count). The van der Waals surface area contributed by atoms with Gasteiger partial charge in [0.2, 0.25) is 5.88 Å². The number of benzene rings is 1. The maximum absolute atomic E-state index is 5.08. The Morgan fingerprint density at radius 1 is 1.16 bits per heavy atom. The smallest absolute Gasteiger partial charge is 0.218 e. The van der Waals surface area contributed by atoms with Crippen molar-refractivity contribution >= 4 is 5.82 Å². The van der Waals surface area contributed by atoms with E-state index in [0.29, 0.717) is 5.88 Å². The lowest BCUT2D eigenvalue weighted by molar-refractivity contribution is 0.397. The van der Waals surface area contributed by atoms with Gasteiger partial charge in [-0.15, -0.1) is 0 Å². The van der Waals surface area contributed by atoms with Gasteiger partial charge in [0.05, 0.1) is 7.11 Å². The van der Waals surface area contributed by atoms with Crippen LogP contribution in [0.15, 0.2) is 42.7 Å². The molecule has 0 atom stereocenters. The van der Waals surface area contributed by atoms with Crippen LogP contribution in [0, 0.1) is 0 Å². The summed E-state index contributed by atoms with van der Waals surface area (Å²) in [7, 11) is 1.60. The molecule has 0 aliphatic carbocycles. The van der Waals surface area contributed by atoms with Crippen molar-refractivity contribution in [3.05, 3.63) is 48.3 Å². The summed E-state index contributed by atoms with van der Waals surface area (Å²) < 4.78 is 5.08. The zero-order chi connectivity index (χ0) is 13.7. The molecule has 0 unspecified atom stereocenters. The van der Waals surface area contributed by atoms with Gasteiger partial charge in [0.15, 0.2) is 0 Å². The molecule has 1 aromatic heterocycles. The number of nitrogens with zero attached hydrogens (tertiary/aromatic N) is 2. The molecule has 4 heteroatoms. The Hall–Kier alpha value is -2.10. The number of anilines is 1. The van der Waals surface area contributed by atoms with E-state index in [2.05, 4.69) is 53.4 Å². The molecule has 0 aliphatic heterocycles. The van der Waals surface area contributed by atoms with Gasteiger partial charge >= 0.3 is 0 Å². The summed E-state index contributed by atoms with van der Waals surface area (Å²) in [5.74, 6) is 1.34. The molecular weight excluding hydrogens is 238 g/mol. The third-order valence-corrected chi connectivity index (χ3v) is 3.12. The number of aromatic nitrogens is 2. The Morgan fingerprint density at radius 2 is 1.89 bits per heavy atom. The molecule has 0 bridgehead atoms. The summed E-state index contributed by atoms with van der Waals surface area (Å²) in [4.78, 5) is 8.17. The molecular formula is C15H19N3O. The quantitative estimate of drug-likeness (QED) is 0.894. The van der Waals surface area contributed by atoms with E-state index in [1.807, 2.05) is 6.07 Å². The van der Waals surface area contributed by atoms with Crippen LogP contribution in [0.1, 0.15) is 19.4 Å². The molecule has 0 amide bonds. The summed E-state index contributed by atoms with van der Waals surface area (Å²) in [6.07, 6.45) is 1.50. The number of rotatable bonds is 5. The monoisotopic (exact) mass is 257 g/mol. The molecule has 19 heavy (non-hydrogen) atoms. The normalized spacial score (nSPS) is 11.1. The minimum absolute atomic E-state index is 0.0272. The van der Waals surface area contributed by atoms with Crippen molar-refractivity contribution < 1.29 is 4.74 Å². The van der Waals surface area contributed by atoms with Gasteiger partial charge in [-0.05, 0) is 5.56 Å². The molecule has 0 spiro atoms.